The second-order valence-electron chi connectivity index (χ2n) is 6.70. The number of benzene rings is 2. The Balaban J connectivity index is 1.58. The molecule has 0 saturated heterocycles. The third-order valence-electron chi connectivity index (χ3n) is 4.35. The summed E-state index contributed by atoms with van der Waals surface area (Å²) in [6.07, 6.45) is -2.78. The summed E-state index contributed by atoms with van der Waals surface area (Å²) in [5.74, 6) is -0.503. The van der Waals surface area contributed by atoms with Gasteiger partial charge in [0.05, 0.1) is 10.6 Å². The van der Waals surface area contributed by atoms with Crippen molar-refractivity contribution < 1.29 is 27.5 Å². The van der Waals surface area contributed by atoms with Crippen LogP contribution < -0.4 is 15.8 Å². The van der Waals surface area contributed by atoms with E-state index < -0.39 is 28.6 Å². The van der Waals surface area contributed by atoms with Crippen LogP contribution in [0.15, 0.2) is 60.8 Å². The Morgan fingerprint density at radius 2 is 1.81 bits per heavy atom. The molecule has 2 aromatic carbocycles. The van der Waals surface area contributed by atoms with Gasteiger partial charge in [-0.3, -0.25) is 9.59 Å². The molecule has 6 nitrogen and oxygen atoms in total. The first kappa shape index (κ1) is 23.1. The van der Waals surface area contributed by atoms with E-state index in [9.17, 15) is 22.8 Å². The summed E-state index contributed by atoms with van der Waals surface area (Å²) in [7, 11) is 0. The van der Waals surface area contributed by atoms with Crippen LogP contribution in [-0.2, 0) is 17.4 Å². The number of ether oxygens (including phenoxy) is 1. The number of carbonyl (C=O) groups is 2. The number of carbonyl (C=O) groups excluding carboxylic acids is 2. The largest absolute Gasteiger partial charge is 0.455 e. The number of anilines is 1. The van der Waals surface area contributed by atoms with Crippen LogP contribution >= 0.6 is 11.6 Å². The molecule has 32 heavy (non-hydrogen) atoms. The molecule has 0 aliphatic carbocycles. The molecule has 0 aliphatic heterocycles. The van der Waals surface area contributed by atoms with E-state index in [1.807, 2.05) is 0 Å². The lowest BCUT2D eigenvalue weighted by molar-refractivity contribution is -0.137. The Hall–Kier alpha value is -3.59. The predicted molar refractivity (Wildman–Crippen MR) is 113 cm³/mol. The zero-order valence-corrected chi connectivity index (χ0v) is 17.2. The second kappa shape index (κ2) is 9.69. The average Bonchev–Trinajstić information content (AvgIpc) is 2.74. The van der Waals surface area contributed by atoms with Crippen molar-refractivity contribution in [1.29, 1.82) is 0 Å². The quantitative estimate of drug-likeness (QED) is 0.502. The Labute approximate surface area is 186 Å². The number of primary amides is 1. The molecule has 166 valence electrons. The molecular weight excluding hydrogens is 447 g/mol. The van der Waals surface area contributed by atoms with E-state index in [2.05, 4.69) is 10.3 Å². The van der Waals surface area contributed by atoms with Gasteiger partial charge in [0.1, 0.15) is 5.75 Å². The van der Waals surface area contributed by atoms with E-state index in [1.165, 1.54) is 12.3 Å². The maximum Gasteiger partial charge on any atom is 0.417 e. The van der Waals surface area contributed by atoms with Crippen LogP contribution in [0.3, 0.4) is 0 Å². The number of halogens is 4. The second-order valence-corrected chi connectivity index (χ2v) is 7.11. The predicted octanol–water partition coefficient (Wildman–Crippen LogP) is 5.22. The first-order valence-corrected chi connectivity index (χ1v) is 9.69. The summed E-state index contributed by atoms with van der Waals surface area (Å²) in [6, 6.07) is 13.1. The highest BCUT2D eigenvalue weighted by atomic mass is 35.5. The number of nitrogens with two attached hydrogens (primary N) is 1. The van der Waals surface area contributed by atoms with Crippen molar-refractivity contribution in [2.75, 3.05) is 5.32 Å². The van der Waals surface area contributed by atoms with E-state index >= 15 is 0 Å². The molecule has 1 aromatic heterocycles. The van der Waals surface area contributed by atoms with Crippen LogP contribution in [0.1, 0.15) is 28.0 Å². The van der Waals surface area contributed by atoms with Gasteiger partial charge in [-0.05, 0) is 54.4 Å². The molecule has 3 rings (SSSR count). The van der Waals surface area contributed by atoms with E-state index in [4.69, 9.17) is 22.1 Å². The molecule has 10 heteroatoms. The van der Waals surface area contributed by atoms with E-state index in [-0.39, 0.29) is 23.6 Å². The summed E-state index contributed by atoms with van der Waals surface area (Å²) in [5.41, 5.74) is 5.08. The summed E-state index contributed by atoms with van der Waals surface area (Å²) >= 11 is 5.58. The molecule has 0 atom stereocenters. The molecule has 0 fully saturated rings. The number of alkyl halides is 3. The third-order valence-corrected chi connectivity index (χ3v) is 4.68. The number of hydrogen-bond donors (Lipinski definition) is 2. The van der Waals surface area contributed by atoms with Gasteiger partial charge < -0.3 is 15.8 Å². The minimum absolute atomic E-state index is 0.00382. The minimum Gasteiger partial charge on any atom is -0.455 e. The first-order valence-electron chi connectivity index (χ1n) is 9.31. The van der Waals surface area contributed by atoms with Gasteiger partial charge in [-0.15, -0.1) is 0 Å². The van der Waals surface area contributed by atoms with Crippen molar-refractivity contribution in [3.8, 4) is 11.5 Å². The van der Waals surface area contributed by atoms with Gasteiger partial charge in [-0.25, -0.2) is 4.98 Å². The lowest BCUT2D eigenvalue weighted by Crippen LogP contribution is -2.14. The topological polar surface area (TPSA) is 94.3 Å². The van der Waals surface area contributed by atoms with Crippen LogP contribution in [0, 0.1) is 0 Å². The fourth-order valence-corrected chi connectivity index (χ4v) is 3.04. The van der Waals surface area contributed by atoms with Crippen molar-refractivity contribution in [3.05, 3.63) is 82.6 Å². The fourth-order valence-electron chi connectivity index (χ4n) is 2.81. The SMILES string of the molecule is NC(=O)c1ncccc1Oc1ccc(CCC(=O)Nc2ccc(Cl)c(C(F)(F)F)c2)cc1. The maximum absolute atomic E-state index is 12.9. The third kappa shape index (κ3) is 5.98. The van der Waals surface area contributed by atoms with Gasteiger partial charge in [0.25, 0.3) is 5.91 Å². The van der Waals surface area contributed by atoms with Gasteiger partial charge in [0.15, 0.2) is 11.4 Å². The average molecular weight is 464 g/mol. The number of hydrogen-bond acceptors (Lipinski definition) is 4. The summed E-state index contributed by atoms with van der Waals surface area (Å²) in [4.78, 5) is 27.4. The van der Waals surface area contributed by atoms with Gasteiger partial charge in [-0.1, -0.05) is 23.7 Å². The Morgan fingerprint density at radius 3 is 2.47 bits per heavy atom. The lowest BCUT2D eigenvalue weighted by atomic mass is 10.1. The van der Waals surface area contributed by atoms with Gasteiger partial charge in [0.2, 0.25) is 5.91 Å². The maximum atomic E-state index is 12.9. The number of amides is 2. The molecule has 0 spiro atoms. The number of aryl methyl sites for hydroxylation is 1. The Bertz CT molecular complexity index is 1140. The molecule has 0 unspecified atom stereocenters. The van der Waals surface area contributed by atoms with Gasteiger partial charge in [0, 0.05) is 18.3 Å². The number of nitrogens with zero attached hydrogens (tertiary/aromatic N) is 1. The molecule has 1 heterocycles. The normalized spacial score (nSPS) is 11.1. The highest BCUT2D eigenvalue weighted by Gasteiger charge is 2.33. The number of pyridine rings is 1. The van der Waals surface area contributed by atoms with Crippen molar-refractivity contribution in [1.82, 2.24) is 4.98 Å². The number of rotatable bonds is 7. The zero-order chi connectivity index (χ0) is 23.3. The summed E-state index contributed by atoms with van der Waals surface area (Å²) in [5, 5.41) is 2.00. The molecule has 0 saturated carbocycles. The van der Waals surface area contributed by atoms with Crippen molar-refractivity contribution in [3.63, 3.8) is 0 Å². The summed E-state index contributed by atoms with van der Waals surface area (Å²) < 4.78 is 44.4. The monoisotopic (exact) mass is 463 g/mol. The first-order chi connectivity index (χ1) is 15.1. The fraction of sp³-hybridized carbons (Fsp3) is 0.136. The van der Waals surface area contributed by atoms with Gasteiger partial charge >= 0.3 is 6.18 Å². The molecule has 3 aromatic rings. The standard InChI is InChI=1S/C22H17ClF3N3O3/c23-17-9-6-14(12-16(17)22(24,25)26)29-19(30)10-5-13-3-7-15(8-4-13)32-18-2-1-11-28-20(18)21(27)31/h1-4,6-9,11-12H,5,10H2,(H2,27,31)(H,29,30). The van der Waals surface area contributed by atoms with Crippen LogP contribution in [0.25, 0.3) is 0 Å². The van der Waals surface area contributed by atoms with Gasteiger partial charge in [-0.2, -0.15) is 13.2 Å². The Morgan fingerprint density at radius 1 is 1.09 bits per heavy atom. The van der Waals surface area contributed by atoms with Crippen molar-refractivity contribution in [2.45, 2.75) is 19.0 Å². The van der Waals surface area contributed by atoms with E-state index in [0.717, 1.165) is 17.7 Å². The van der Waals surface area contributed by atoms with E-state index in [1.54, 1.807) is 36.4 Å². The molecular formula is C22H17ClF3N3O3. The minimum atomic E-state index is -4.62. The molecule has 0 bridgehead atoms. The molecule has 0 radical (unpaired) electrons. The Kier molecular flexibility index (Phi) is 6.99. The van der Waals surface area contributed by atoms with Crippen LogP contribution in [0.2, 0.25) is 5.02 Å². The smallest absolute Gasteiger partial charge is 0.417 e. The highest BCUT2D eigenvalue weighted by molar-refractivity contribution is 6.31. The lowest BCUT2D eigenvalue weighted by Gasteiger charge is -2.12. The molecule has 3 N–H and O–H groups in total. The zero-order valence-electron chi connectivity index (χ0n) is 16.4. The van der Waals surface area contributed by atoms with E-state index in [0.29, 0.717) is 12.2 Å². The van der Waals surface area contributed by atoms with Crippen molar-refractivity contribution in [2.24, 2.45) is 5.73 Å². The molecule has 2 amide bonds. The molecule has 0 aliphatic rings. The number of nitrogens with one attached hydrogen (secondary N) is 1. The van der Waals surface area contributed by atoms with Crippen LogP contribution in [0.4, 0.5) is 18.9 Å². The highest BCUT2D eigenvalue weighted by Crippen LogP contribution is 2.36. The van der Waals surface area contributed by atoms with Crippen molar-refractivity contribution >= 4 is 29.1 Å². The summed E-state index contributed by atoms with van der Waals surface area (Å²) in [6.45, 7) is 0. The number of aromatic nitrogens is 1. The van der Waals surface area contributed by atoms with Crippen LogP contribution in [-0.4, -0.2) is 16.8 Å². The van der Waals surface area contributed by atoms with Crippen LogP contribution in [0.5, 0.6) is 11.5 Å².